The molecule has 7 rings (SSSR count). The molecule has 5 atom stereocenters. The first-order valence-electron chi connectivity index (χ1n) is 31.8. The Labute approximate surface area is 536 Å². The molecule has 0 aromatic heterocycles. The van der Waals surface area contributed by atoms with Gasteiger partial charge in [0.2, 0.25) is 17.8 Å². The van der Waals surface area contributed by atoms with E-state index in [1.54, 1.807) is 41.5 Å². The van der Waals surface area contributed by atoms with Crippen molar-refractivity contribution in [2.75, 3.05) is 19.8 Å². The fourth-order valence-corrected chi connectivity index (χ4v) is 12.7. The molecule has 490 valence electrons. The molecule has 0 radical (unpaired) electrons. The summed E-state index contributed by atoms with van der Waals surface area (Å²) < 4.78 is 61.3. The van der Waals surface area contributed by atoms with Crippen molar-refractivity contribution in [3.05, 3.63) is 131 Å². The van der Waals surface area contributed by atoms with Crippen LogP contribution in [0.25, 0.3) is 32.7 Å². The largest absolute Gasteiger partial charge is 0.493 e. The third kappa shape index (κ3) is 18.9. The SMILES string of the molecule is CCCCOc1ccc2ccccc2c1-c1c(OCC(=O)N[C@H](CCC[C@H](C)NC(=O)OC(C)(C)C)C(=O)N[C@H](CCCNC(=N)NS(=O)(=O)c2c(C)c(C)c3c(c2C)C[C@@H](C)C(C)(C)O3)C(=O)N[C@@H](CCC)C(=O)OCc2ccccc2)ccc2ccccc12. The van der Waals surface area contributed by atoms with Crippen LogP contribution in [0.4, 0.5) is 4.79 Å². The normalized spacial score (nSPS) is 14.9. The molecule has 0 aliphatic carbocycles. The van der Waals surface area contributed by atoms with Crippen LogP contribution in [0.5, 0.6) is 17.2 Å². The predicted octanol–water partition coefficient (Wildman–Crippen LogP) is 11.9. The van der Waals surface area contributed by atoms with E-state index >= 15 is 0 Å². The molecule has 20 heteroatoms. The molecule has 0 saturated carbocycles. The molecule has 0 unspecified atom stereocenters. The van der Waals surface area contributed by atoms with Crippen LogP contribution in [0, 0.1) is 32.1 Å². The number of carbonyl (C=O) groups excluding carboxylic acids is 5. The Kier molecular flexibility index (Phi) is 24.3. The van der Waals surface area contributed by atoms with Crippen LogP contribution in [-0.4, -0.2) is 99.3 Å². The van der Waals surface area contributed by atoms with Gasteiger partial charge in [-0.2, -0.15) is 0 Å². The van der Waals surface area contributed by atoms with Gasteiger partial charge in [0.15, 0.2) is 6.61 Å². The smallest absolute Gasteiger partial charge is 0.407 e. The molecule has 0 bridgehead atoms. The van der Waals surface area contributed by atoms with E-state index < -0.39 is 87.7 Å². The first-order chi connectivity index (χ1) is 43.2. The highest BCUT2D eigenvalue weighted by atomic mass is 32.2. The summed E-state index contributed by atoms with van der Waals surface area (Å²) in [6, 6.07) is 28.6. The van der Waals surface area contributed by atoms with Gasteiger partial charge in [-0.05, 0) is 181 Å². The van der Waals surface area contributed by atoms with Gasteiger partial charge in [0.1, 0.15) is 53.2 Å². The van der Waals surface area contributed by atoms with Gasteiger partial charge < -0.3 is 50.3 Å². The Morgan fingerprint density at radius 3 is 1.88 bits per heavy atom. The minimum absolute atomic E-state index is 0.0257. The zero-order valence-corrected chi connectivity index (χ0v) is 55.7. The van der Waals surface area contributed by atoms with Crippen LogP contribution in [-0.2, 0) is 51.7 Å². The number of guanidine groups is 1. The van der Waals surface area contributed by atoms with Crippen molar-refractivity contribution in [2.24, 2.45) is 5.92 Å². The monoisotopic (exact) mass is 1270 g/mol. The maximum Gasteiger partial charge on any atom is 0.407 e. The number of nitrogens with one attached hydrogen (secondary N) is 7. The average Bonchev–Trinajstić information content (AvgIpc) is 0.801. The van der Waals surface area contributed by atoms with Crippen LogP contribution in [0.1, 0.15) is 148 Å². The van der Waals surface area contributed by atoms with Crippen molar-refractivity contribution in [1.29, 1.82) is 5.41 Å². The highest BCUT2D eigenvalue weighted by Crippen LogP contribution is 2.47. The van der Waals surface area contributed by atoms with Crippen molar-refractivity contribution in [3.63, 3.8) is 0 Å². The van der Waals surface area contributed by atoms with Crippen molar-refractivity contribution in [1.82, 2.24) is 31.3 Å². The third-order valence-corrected chi connectivity index (χ3v) is 18.2. The molecule has 0 fully saturated rings. The first-order valence-corrected chi connectivity index (χ1v) is 33.3. The van der Waals surface area contributed by atoms with Gasteiger partial charge in [-0.15, -0.1) is 0 Å². The second kappa shape index (κ2) is 31.6. The average molecular weight is 1270 g/mol. The molecular weight excluding hydrogens is 1170 g/mol. The summed E-state index contributed by atoms with van der Waals surface area (Å²) in [6.07, 6.45) is 3.26. The number of rotatable bonds is 29. The Morgan fingerprint density at radius 2 is 1.26 bits per heavy atom. The van der Waals surface area contributed by atoms with E-state index in [0.717, 1.165) is 56.6 Å². The molecule has 6 aromatic carbocycles. The third-order valence-electron chi connectivity index (χ3n) is 16.6. The van der Waals surface area contributed by atoms with Gasteiger partial charge in [-0.3, -0.25) is 19.8 Å². The van der Waals surface area contributed by atoms with Crippen molar-refractivity contribution in [2.45, 2.75) is 194 Å². The number of sulfonamides is 1. The minimum Gasteiger partial charge on any atom is -0.493 e. The van der Waals surface area contributed by atoms with E-state index in [0.29, 0.717) is 66.2 Å². The number of hydrogen-bond acceptors (Lipinski definition) is 13. The van der Waals surface area contributed by atoms with E-state index in [9.17, 15) is 32.4 Å². The Bertz CT molecular complexity index is 3680. The molecule has 1 heterocycles. The number of amides is 4. The predicted molar refractivity (Wildman–Crippen MR) is 356 cm³/mol. The molecule has 0 spiro atoms. The topological polar surface area (TPSA) is 262 Å². The summed E-state index contributed by atoms with van der Waals surface area (Å²) in [4.78, 5) is 70.5. The van der Waals surface area contributed by atoms with Crippen LogP contribution in [0.2, 0.25) is 0 Å². The number of fused-ring (bicyclic) bond motifs is 3. The zero-order valence-electron chi connectivity index (χ0n) is 54.9. The maximum absolute atomic E-state index is 14.9. The molecule has 6 aromatic rings. The number of benzene rings is 6. The highest BCUT2D eigenvalue weighted by Gasteiger charge is 2.39. The van der Waals surface area contributed by atoms with Crippen LogP contribution >= 0.6 is 0 Å². The molecule has 1 aliphatic rings. The molecule has 7 N–H and O–H groups in total. The lowest BCUT2D eigenvalue weighted by Crippen LogP contribution is -2.56. The quantitative estimate of drug-likeness (QED) is 0.00999. The van der Waals surface area contributed by atoms with E-state index in [1.807, 2.05) is 131 Å². The van der Waals surface area contributed by atoms with Gasteiger partial charge in [-0.25, -0.2) is 22.7 Å². The number of hydrogen-bond donors (Lipinski definition) is 7. The van der Waals surface area contributed by atoms with Gasteiger partial charge in [0, 0.05) is 23.7 Å². The number of ether oxygens (including phenoxy) is 5. The Balaban J connectivity index is 1.13. The second-order valence-electron chi connectivity index (χ2n) is 25.3. The Hall–Kier alpha value is -8.39. The number of alkyl carbamates (subject to hydrolysis) is 1. The molecule has 0 saturated heterocycles. The minimum atomic E-state index is -4.29. The van der Waals surface area contributed by atoms with Crippen molar-refractivity contribution in [3.8, 4) is 28.4 Å². The van der Waals surface area contributed by atoms with Gasteiger partial charge in [0.05, 0.1) is 11.5 Å². The maximum atomic E-state index is 14.9. The van der Waals surface area contributed by atoms with Gasteiger partial charge >= 0.3 is 12.1 Å². The van der Waals surface area contributed by atoms with Crippen LogP contribution in [0.15, 0.2) is 108 Å². The van der Waals surface area contributed by atoms with Crippen LogP contribution < -0.4 is 45.5 Å². The number of unbranched alkanes of at least 4 members (excludes halogenated alkanes) is 1. The zero-order chi connectivity index (χ0) is 66.2. The summed E-state index contributed by atoms with van der Waals surface area (Å²) in [6.45, 7) is 22.3. The summed E-state index contributed by atoms with van der Waals surface area (Å²) in [7, 11) is -4.29. The highest BCUT2D eigenvalue weighted by molar-refractivity contribution is 7.90. The Morgan fingerprint density at radius 1 is 0.681 bits per heavy atom. The van der Waals surface area contributed by atoms with Crippen molar-refractivity contribution >= 4 is 67.3 Å². The standard InChI is InChI=1S/C71H93N7O12S/c1-13-15-40-86-58-37-35-50-29-19-21-31-52(50)61(58)62-53-32-22-20-30-51(53)36-38-59(62)87-43-60(79)75-55(33-23-26-45(4)74-69(83)90-70(8,9)10)65(80)76-56(66(81)77-57(25-14-2)67(82)88-42-49-27-17-16-18-28-49)34-24-39-73-68(72)78-91(84,85)64-47(6)46(5)63-54(48(64)7)41-44(3)71(11,12)89-63/h16-22,27-32,35-38,44-45,55-57H,13-15,23-26,33-34,39-43H2,1-12H3,(H,74,83)(H,75,79)(H,76,80)(H,77,81)(H3,72,73,78)/t44-,45+,55-,56-,57+/m1/s1. The summed E-state index contributed by atoms with van der Waals surface area (Å²) in [5.41, 5.74) is 3.63. The number of carbonyl (C=O) groups is 5. The fraction of sp³-hybridized carbons (Fsp3) is 0.465. The molecular formula is C71H93N7O12S. The van der Waals surface area contributed by atoms with E-state index in [4.69, 9.17) is 29.1 Å². The fourth-order valence-electron chi connectivity index (χ4n) is 11.2. The molecule has 91 heavy (non-hydrogen) atoms. The van der Waals surface area contributed by atoms with Gasteiger partial charge in [0.25, 0.3) is 15.9 Å². The number of esters is 1. The molecule has 1 aliphatic heterocycles. The van der Waals surface area contributed by atoms with Crippen molar-refractivity contribution < 1.29 is 56.1 Å². The van der Waals surface area contributed by atoms with E-state index in [-0.39, 0.29) is 49.6 Å². The first kappa shape index (κ1) is 70.1. The molecule has 4 amide bonds. The lowest BCUT2D eigenvalue weighted by atomic mass is 9.81. The van der Waals surface area contributed by atoms with E-state index in [2.05, 4.69) is 45.2 Å². The summed E-state index contributed by atoms with van der Waals surface area (Å²) in [5, 5.41) is 26.7. The second-order valence-corrected chi connectivity index (χ2v) is 26.9. The lowest BCUT2D eigenvalue weighted by Gasteiger charge is -2.40. The van der Waals surface area contributed by atoms with E-state index in [1.165, 1.54) is 0 Å². The molecule has 19 nitrogen and oxygen atoms in total. The lowest BCUT2D eigenvalue weighted by molar-refractivity contribution is -0.149. The van der Waals surface area contributed by atoms with Gasteiger partial charge in [-0.1, -0.05) is 125 Å². The summed E-state index contributed by atoms with van der Waals surface area (Å²) in [5.74, 6) is -1.43. The summed E-state index contributed by atoms with van der Waals surface area (Å²) >= 11 is 0. The van der Waals surface area contributed by atoms with Crippen LogP contribution in [0.3, 0.4) is 0 Å².